The minimum absolute atomic E-state index is 0.351. The van der Waals surface area contributed by atoms with E-state index in [0.29, 0.717) is 12.0 Å². The van der Waals surface area contributed by atoms with Crippen molar-refractivity contribution in [1.29, 1.82) is 0 Å². The molecule has 0 aromatic heterocycles. The summed E-state index contributed by atoms with van der Waals surface area (Å²) in [5.74, 6) is 2.32. The van der Waals surface area contributed by atoms with E-state index >= 15 is 0 Å². The number of ether oxygens (including phenoxy) is 2. The molecule has 108 valence electrons. The first-order chi connectivity index (χ1) is 9.19. The molecular weight excluding hydrogens is 238 g/mol. The van der Waals surface area contributed by atoms with E-state index < -0.39 is 0 Å². The van der Waals surface area contributed by atoms with Gasteiger partial charge in [-0.2, -0.15) is 0 Å². The smallest absolute Gasteiger partial charge is 0.122 e. The van der Waals surface area contributed by atoms with Gasteiger partial charge in [0, 0.05) is 12.1 Å². The fraction of sp³-hybridized carbons (Fsp3) is 0.625. The third-order valence-electron chi connectivity index (χ3n) is 3.68. The predicted molar refractivity (Wildman–Crippen MR) is 80.0 cm³/mol. The Morgan fingerprint density at radius 2 is 1.47 bits per heavy atom. The van der Waals surface area contributed by atoms with Crippen LogP contribution >= 0.6 is 0 Å². The Balaban J connectivity index is 3.12. The molecule has 0 aliphatic rings. The lowest BCUT2D eigenvalue weighted by Crippen LogP contribution is -2.27. The summed E-state index contributed by atoms with van der Waals surface area (Å²) in [6.07, 6.45) is 2.32. The monoisotopic (exact) mass is 265 g/mol. The summed E-state index contributed by atoms with van der Waals surface area (Å²) in [6, 6.07) is 6.48. The fourth-order valence-electron chi connectivity index (χ4n) is 2.55. The molecule has 1 aromatic carbocycles. The zero-order valence-electron chi connectivity index (χ0n) is 12.8. The first-order valence-electron chi connectivity index (χ1n) is 7.16. The Kier molecular flexibility index (Phi) is 6.71. The number of rotatable bonds is 8. The van der Waals surface area contributed by atoms with Crippen LogP contribution in [0, 0.1) is 5.92 Å². The van der Waals surface area contributed by atoms with Gasteiger partial charge < -0.3 is 14.8 Å². The zero-order chi connectivity index (χ0) is 14.3. The van der Waals surface area contributed by atoms with E-state index in [-0.39, 0.29) is 0 Å². The van der Waals surface area contributed by atoms with E-state index in [4.69, 9.17) is 9.47 Å². The van der Waals surface area contributed by atoms with Crippen LogP contribution in [0.25, 0.3) is 0 Å². The summed E-state index contributed by atoms with van der Waals surface area (Å²) in [4.78, 5) is 0. The Labute approximate surface area is 117 Å². The van der Waals surface area contributed by atoms with Crippen LogP contribution < -0.4 is 14.8 Å². The second-order valence-electron chi connectivity index (χ2n) is 4.76. The van der Waals surface area contributed by atoms with Crippen molar-refractivity contribution in [2.24, 2.45) is 5.92 Å². The lowest BCUT2D eigenvalue weighted by Gasteiger charge is -2.27. The van der Waals surface area contributed by atoms with E-state index in [2.05, 4.69) is 38.2 Å². The average molecular weight is 265 g/mol. The van der Waals surface area contributed by atoms with Gasteiger partial charge in [-0.25, -0.2) is 0 Å². The van der Waals surface area contributed by atoms with Crippen molar-refractivity contribution in [2.75, 3.05) is 20.8 Å². The Morgan fingerprint density at radius 3 is 1.84 bits per heavy atom. The molecule has 0 bridgehead atoms. The van der Waals surface area contributed by atoms with E-state index in [0.717, 1.165) is 30.9 Å². The van der Waals surface area contributed by atoms with Crippen molar-refractivity contribution in [3.8, 4) is 11.5 Å². The van der Waals surface area contributed by atoms with E-state index in [1.807, 2.05) is 6.07 Å². The van der Waals surface area contributed by atoms with Crippen molar-refractivity contribution in [1.82, 2.24) is 5.32 Å². The molecule has 3 heteroatoms. The largest absolute Gasteiger partial charge is 0.497 e. The summed E-state index contributed by atoms with van der Waals surface area (Å²) in [5, 5.41) is 3.59. The Morgan fingerprint density at radius 1 is 0.947 bits per heavy atom. The van der Waals surface area contributed by atoms with Gasteiger partial charge in [0.2, 0.25) is 0 Å². The van der Waals surface area contributed by atoms with Crippen LogP contribution in [0.1, 0.15) is 45.2 Å². The molecule has 1 atom stereocenters. The molecule has 0 saturated carbocycles. The molecule has 0 spiro atoms. The number of hydrogen-bond acceptors (Lipinski definition) is 3. The van der Waals surface area contributed by atoms with Gasteiger partial charge >= 0.3 is 0 Å². The van der Waals surface area contributed by atoms with Gasteiger partial charge in [0.25, 0.3) is 0 Å². The maximum atomic E-state index is 5.36. The third-order valence-corrected chi connectivity index (χ3v) is 3.68. The molecule has 1 N–H and O–H groups in total. The van der Waals surface area contributed by atoms with Gasteiger partial charge in [-0.15, -0.1) is 0 Å². The van der Waals surface area contributed by atoms with Crippen molar-refractivity contribution >= 4 is 0 Å². The van der Waals surface area contributed by atoms with Gasteiger partial charge in [0.1, 0.15) is 11.5 Å². The predicted octanol–water partition coefficient (Wildman–Crippen LogP) is 3.79. The highest BCUT2D eigenvalue weighted by Crippen LogP contribution is 2.32. The van der Waals surface area contributed by atoms with Crippen molar-refractivity contribution < 1.29 is 9.47 Å². The van der Waals surface area contributed by atoms with E-state index in [1.54, 1.807) is 14.2 Å². The van der Waals surface area contributed by atoms with Crippen LogP contribution in [-0.2, 0) is 0 Å². The number of methoxy groups -OCH3 is 2. The SMILES string of the molecule is CCNC(c1cc(OC)cc(OC)c1)C(CC)CC. The average Bonchev–Trinajstić information content (AvgIpc) is 2.46. The normalized spacial score (nSPS) is 12.5. The topological polar surface area (TPSA) is 30.5 Å². The van der Waals surface area contributed by atoms with E-state index in [1.165, 1.54) is 5.56 Å². The van der Waals surface area contributed by atoms with Crippen molar-refractivity contribution in [3.05, 3.63) is 23.8 Å². The highest BCUT2D eigenvalue weighted by molar-refractivity contribution is 5.40. The summed E-state index contributed by atoms with van der Waals surface area (Å²) in [5.41, 5.74) is 1.24. The molecule has 1 rings (SSSR count). The summed E-state index contributed by atoms with van der Waals surface area (Å²) >= 11 is 0. The molecule has 3 nitrogen and oxygen atoms in total. The number of nitrogens with one attached hydrogen (secondary N) is 1. The van der Waals surface area contributed by atoms with Crippen LogP contribution in [0.2, 0.25) is 0 Å². The highest BCUT2D eigenvalue weighted by atomic mass is 16.5. The van der Waals surface area contributed by atoms with Crippen LogP contribution in [0.15, 0.2) is 18.2 Å². The number of hydrogen-bond donors (Lipinski definition) is 1. The van der Waals surface area contributed by atoms with Gasteiger partial charge in [-0.05, 0) is 30.2 Å². The Bertz CT molecular complexity index is 353. The Hall–Kier alpha value is -1.22. The summed E-state index contributed by atoms with van der Waals surface area (Å²) < 4.78 is 10.7. The second kappa shape index (κ2) is 8.05. The van der Waals surface area contributed by atoms with E-state index in [9.17, 15) is 0 Å². The maximum Gasteiger partial charge on any atom is 0.122 e. The standard InChI is InChI=1S/C16H27NO2/c1-6-12(7-2)16(17-8-3)13-9-14(18-4)11-15(10-13)19-5/h9-12,16-17H,6-8H2,1-5H3. The first-order valence-corrected chi connectivity index (χ1v) is 7.16. The molecule has 0 amide bonds. The molecule has 19 heavy (non-hydrogen) atoms. The van der Waals surface area contributed by atoms with Gasteiger partial charge in [0.15, 0.2) is 0 Å². The summed E-state index contributed by atoms with van der Waals surface area (Å²) in [7, 11) is 3.38. The fourth-order valence-corrected chi connectivity index (χ4v) is 2.55. The van der Waals surface area contributed by atoms with Crippen LogP contribution in [0.5, 0.6) is 11.5 Å². The molecular formula is C16H27NO2. The molecule has 1 unspecified atom stereocenters. The summed E-state index contributed by atoms with van der Waals surface area (Å²) in [6.45, 7) is 7.60. The molecule has 0 aliphatic carbocycles. The minimum Gasteiger partial charge on any atom is -0.497 e. The third kappa shape index (κ3) is 4.13. The molecule has 0 aliphatic heterocycles. The zero-order valence-corrected chi connectivity index (χ0v) is 12.8. The second-order valence-corrected chi connectivity index (χ2v) is 4.76. The molecule has 0 radical (unpaired) electrons. The van der Waals surface area contributed by atoms with Crippen molar-refractivity contribution in [2.45, 2.75) is 39.7 Å². The lowest BCUT2D eigenvalue weighted by molar-refractivity contribution is 0.341. The first kappa shape index (κ1) is 15.8. The molecule has 0 heterocycles. The van der Waals surface area contributed by atoms with Crippen LogP contribution in [-0.4, -0.2) is 20.8 Å². The minimum atomic E-state index is 0.351. The van der Waals surface area contributed by atoms with Gasteiger partial charge in [-0.3, -0.25) is 0 Å². The lowest BCUT2D eigenvalue weighted by atomic mass is 9.88. The van der Waals surface area contributed by atoms with Crippen LogP contribution in [0.4, 0.5) is 0 Å². The molecule has 1 aromatic rings. The van der Waals surface area contributed by atoms with Crippen molar-refractivity contribution in [3.63, 3.8) is 0 Å². The quantitative estimate of drug-likeness (QED) is 0.775. The van der Waals surface area contributed by atoms with Gasteiger partial charge in [0.05, 0.1) is 14.2 Å². The van der Waals surface area contributed by atoms with Gasteiger partial charge in [-0.1, -0.05) is 33.6 Å². The van der Waals surface area contributed by atoms with Crippen LogP contribution in [0.3, 0.4) is 0 Å². The highest BCUT2D eigenvalue weighted by Gasteiger charge is 2.20. The maximum absolute atomic E-state index is 5.36. The molecule has 0 saturated heterocycles. The number of benzene rings is 1. The molecule has 0 fully saturated rings.